The van der Waals surface area contributed by atoms with Gasteiger partial charge in [0, 0.05) is 32.2 Å². The second kappa shape index (κ2) is 10.4. The Labute approximate surface area is 210 Å². The molecule has 3 aromatic rings. The third kappa shape index (κ3) is 5.14. The van der Waals surface area contributed by atoms with Gasteiger partial charge in [0.1, 0.15) is 17.0 Å². The molecule has 0 unspecified atom stereocenters. The number of hydrogen-bond donors (Lipinski definition) is 3. The lowest BCUT2D eigenvalue weighted by Crippen LogP contribution is -2.49. The number of piperidine rings is 2. The highest BCUT2D eigenvalue weighted by Gasteiger charge is 2.30. The first-order chi connectivity index (χ1) is 17.4. The first-order valence-electron chi connectivity index (χ1n) is 12.4. The topological polar surface area (TPSA) is 136 Å². The van der Waals surface area contributed by atoms with Crippen molar-refractivity contribution in [2.24, 2.45) is 5.92 Å². The van der Waals surface area contributed by atoms with Crippen molar-refractivity contribution in [3.8, 4) is 0 Å². The van der Waals surface area contributed by atoms with Crippen LogP contribution < -0.4 is 15.5 Å². The van der Waals surface area contributed by atoms with Crippen molar-refractivity contribution in [3.05, 3.63) is 36.8 Å². The smallest absolute Gasteiger partial charge is 0.245 e. The highest BCUT2D eigenvalue weighted by molar-refractivity contribution is 7.89. The van der Waals surface area contributed by atoms with Crippen molar-refractivity contribution in [2.75, 3.05) is 42.9 Å². The van der Waals surface area contributed by atoms with Gasteiger partial charge in [0.05, 0.1) is 23.8 Å². The van der Waals surface area contributed by atoms with Gasteiger partial charge in [-0.3, -0.25) is 9.89 Å². The average Bonchev–Trinajstić information content (AvgIpc) is 3.37. The van der Waals surface area contributed by atoms with Crippen molar-refractivity contribution in [1.82, 2.24) is 29.8 Å². The summed E-state index contributed by atoms with van der Waals surface area (Å²) in [6.45, 7) is 4.64. The monoisotopic (exact) mass is 512 g/mol. The maximum Gasteiger partial charge on any atom is 0.245 e. The molecule has 5 rings (SSSR count). The van der Waals surface area contributed by atoms with Gasteiger partial charge in [-0.05, 0) is 43.7 Å². The molecule has 0 saturated carbocycles. The molecule has 0 aliphatic carbocycles. The van der Waals surface area contributed by atoms with Crippen LogP contribution in [0.3, 0.4) is 0 Å². The molecule has 1 amide bonds. The Morgan fingerprint density at radius 3 is 2.78 bits per heavy atom. The lowest BCUT2D eigenvalue weighted by atomic mass is 10.0. The van der Waals surface area contributed by atoms with Crippen molar-refractivity contribution < 1.29 is 13.2 Å². The molecule has 1 aromatic carbocycles. The van der Waals surface area contributed by atoms with E-state index in [2.05, 4.69) is 42.6 Å². The molecule has 2 aromatic heterocycles. The van der Waals surface area contributed by atoms with E-state index in [1.807, 2.05) is 0 Å². The number of anilines is 2. The Hall–Kier alpha value is -3.25. The average molecular weight is 513 g/mol. The van der Waals surface area contributed by atoms with Gasteiger partial charge in [-0.15, -0.1) is 0 Å². The molecule has 0 bridgehead atoms. The lowest BCUT2D eigenvalue weighted by molar-refractivity contribution is -0.120. The molecule has 3 N–H and O–H groups in total. The van der Waals surface area contributed by atoms with Gasteiger partial charge < -0.3 is 15.5 Å². The molecule has 192 valence electrons. The number of rotatable bonds is 7. The summed E-state index contributed by atoms with van der Waals surface area (Å²) in [6, 6.07) is 6.75. The minimum atomic E-state index is -3.63. The van der Waals surface area contributed by atoms with Gasteiger partial charge in [0.2, 0.25) is 15.9 Å². The largest absolute Gasteiger partial charge is 0.375 e. The zero-order valence-electron chi connectivity index (χ0n) is 20.4. The van der Waals surface area contributed by atoms with Crippen molar-refractivity contribution in [1.29, 1.82) is 0 Å². The second-order valence-electron chi connectivity index (χ2n) is 9.62. The highest BCUT2D eigenvalue weighted by Crippen LogP contribution is 2.28. The summed E-state index contributed by atoms with van der Waals surface area (Å²) in [4.78, 5) is 23.8. The number of carbonyl (C=O) groups excluding carboxylic acids is 1. The fourth-order valence-electron chi connectivity index (χ4n) is 4.95. The van der Waals surface area contributed by atoms with Crippen molar-refractivity contribution >= 4 is 38.5 Å². The number of amides is 1. The van der Waals surface area contributed by atoms with Crippen LogP contribution in [0.4, 0.5) is 11.5 Å². The Balaban J connectivity index is 1.21. The van der Waals surface area contributed by atoms with Gasteiger partial charge >= 0.3 is 0 Å². The van der Waals surface area contributed by atoms with E-state index >= 15 is 0 Å². The summed E-state index contributed by atoms with van der Waals surface area (Å²) in [6.07, 6.45) is 6.72. The summed E-state index contributed by atoms with van der Waals surface area (Å²) in [5, 5.41) is 13.9. The first-order valence-corrected chi connectivity index (χ1v) is 13.9. The predicted octanol–water partition coefficient (Wildman–Crippen LogP) is 1.97. The molecule has 2 aliphatic rings. The molecule has 12 heteroatoms. The van der Waals surface area contributed by atoms with Gasteiger partial charge in [-0.25, -0.2) is 18.4 Å². The zero-order valence-corrected chi connectivity index (χ0v) is 21.2. The molecular formula is C24H32N8O3S. The number of sulfonamides is 1. The SMILES string of the molecule is CC1CCN(S(=O)(=O)c2ccccc2NCC(=O)N[C@@H]2CCCN(c3ncnc4[nH]ncc34)C2)CC1. The number of nitrogens with zero attached hydrogens (tertiary/aromatic N) is 5. The molecule has 2 fully saturated rings. The molecule has 1 atom stereocenters. The zero-order chi connectivity index (χ0) is 25.1. The van der Waals surface area contributed by atoms with E-state index in [9.17, 15) is 13.2 Å². The fraction of sp³-hybridized carbons (Fsp3) is 0.500. The molecule has 4 heterocycles. The van der Waals surface area contributed by atoms with Crippen LogP contribution in [0.15, 0.2) is 41.7 Å². The first kappa shape index (κ1) is 24.4. The van der Waals surface area contributed by atoms with E-state index in [4.69, 9.17) is 0 Å². The van der Waals surface area contributed by atoms with E-state index in [0.717, 1.165) is 43.4 Å². The van der Waals surface area contributed by atoms with Crippen LogP contribution >= 0.6 is 0 Å². The molecule has 2 aliphatic heterocycles. The minimum Gasteiger partial charge on any atom is -0.375 e. The summed E-state index contributed by atoms with van der Waals surface area (Å²) < 4.78 is 28.1. The number of aromatic amines is 1. The van der Waals surface area contributed by atoms with Crippen molar-refractivity contribution in [3.63, 3.8) is 0 Å². The minimum absolute atomic E-state index is 0.0143. The standard InChI is InChI=1S/C24H32N8O3S/c1-17-8-11-32(12-9-17)36(34,35)21-7-3-2-6-20(21)25-14-22(33)29-18-5-4-10-31(15-18)24-19-13-28-30-23(19)26-16-27-24/h2-3,6-7,13,16-18,25H,4-5,8-12,14-15H2,1H3,(H,29,33)(H,26,27,28,30)/t18-/m1/s1. The van der Waals surface area contributed by atoms with Crippen molar-refractivity contribution in [2.45, 2.75) is 43.5 Å². The highest BCUT2D eigenvalue weighted by atomic mass is 32.2. The van der Waals surface area contributed by atoms with Crippen LogP contribution in [-0.2, 0) is 14.8 Å². The molecular weight excluding hydrogens is 480 g/mol. The number of hydrogen-bond acceptors (Lipinski definition) is 8. The van der Waals surface area contributed by atoms with E-state index < -0.39 is 10.0 Å². The second-order valence-corrected chi connectivity index (χ2v) is 11.5. The number of nitrogens with one attached hydrogen (secondary N) is 3. The van der Waals surface area contributed by atoms with E-state index in [0.29, 0.717) is 36.9 Å². The van der Waals surface area contributed by atoms with Gasteiger partial charge in [0.15, 0.2) is 5.65 Å². The summed E-state index contributed by atoms with van der Waals surface area (Å²) >= 11 is 0. The Morgan fingerprint density at radius 2 is 1.94 bits per heavy atom. The molecule has 11 nitrogen and oxygen atoms in total. The molecule has 0 radical (unpaired) electrons. The number of fused-ring (bicyclic) bond motifs is 1. The number of H-pyrrole nitrogens is 1. The number of carbonyl (C=O) groups is 1. The Morgan fingerprint density at radius 1 is 1.14 bits per heavy atom. The maximum atomic E-state index is 13.3. The van der Waals surface area contributed by atoms with E-state index in [1.54, 1.807) is 34.8 Å². The normalized spacial score (nSPS) is 19.9. The molecule has 2 saturated heterocycles. The molecule has 36 heavy (non-hydrogen) atoms. The molecule has 0 spiro atoms. The van der Waals surface area contributed by atoms with Gasteiger partial charge in [0.25, 0.3) is 0 Å². The number of aromatic nitrogens is 4. The van der Waals surface area contributed by atoms with Crippen LogP contribution in [0, 0.1) is 5.92 Å². The summed E-state index contributed by atoms with van der Waals surface area (Å²) in [7, 11) is -3.63. The third-order valence-electron chi connectivity index (χ3n) is 7.00. The lowest BCUT2D eigenvalue weighted by Gasteiger charge is -2.34. The predicted molar refractivity (Wildman–Crippen MR) is 137 cm³/mol. The van der Waals surface area contributed by atoms with Crippen LogP contribution in [0.1, 0.15) is 32.6 Å². The fourth-order valence-corrected chi connectivity index (χ4v) is 6.59. The number of benzene rings is 1. The van der Waals surface area contributed by atoms with Crippen LogP contribution in [0.5, 0.6) is 0 Å². The van der Waals surface area contributed by atoms with E-state index in [1.165, 1.54) is 6.33 Å². The number of para-hydroxylation sites is 1. The van der Waals surface area contributed by atoms with Crippen LogP contribution in [0.2, 0.25) is 0 Å². The Bertz CT molecular complexity index is 1320. The Kier molecular flexibility index (Phi) is 7.06. The van der Waals surface area contributed by atoms with Gasteiger partial charge in [-0.1, -0.05) is 19.1 Å². The van der Waals surface area contributed by atoms with Crippen LogP contribution in [0.25, 0.3) is 11.0 Å². The van der Waals surface area contributed by atoms with E-state index in [-0.39, 0.29) is 23.4 Å². The van der Waals surface area contributed by atoms with Gasteiger partial charge in [-0.2, -0.15) is 9.40 Å². The quantitative estimate of drug-likeness (QED) is 0.437. The summed E-state index contributed by atoms with van der Waals surface area (Å²) in [5.74, 6) is 1.15. The summed E-state index contributed by atoms with van der Waals surface area (Å²) in [5.41, 5.74) is 1.13. The van der Waals surface area contributed by atoms with Crippen LogP contribution in [-0.4, -0.2) is 77.6 Å². The maximum absolute atomic E-state index is 13.3. The third-order valence-corrected chi connectivity index (χ3v) is 8.96.